The van der Waals surface area contributed by atoms with E-state index in [0.29, 0.717) is 17.0 Å². The number of hydrogen-bond donors (Lipinski definition) is 1. The molecular formula is C16H12ClNO2. The number of hydrogen-bond acceptors (Lipinski definition) is 2. The van der Waals surface area contributed by atoms with Crippen molar-refractivity contribution in [3.8, 4) is 0 Å². The third-order valence-corrected chi connectivity index (χ3v) is 3.37. The van der Waals surface area contributed by atoms with E-state index in [9.17, 15) is 4.79 Å². The largest absolute Gasteiger partial charge is 0.463 e. The van der Waals surface area contributed by atoms with Gasteiger partial charge in [-0.05, 0) is 23.8 Å². The Morgan fingerprint density at radius 2 is 2.00 bits per heavy atom. The number of nitrogens with one attached hydrogen (secondary N) is 1. The van der Waals surface area contributed by atoms with Crippen LogP contribution in [0.1, 0.15) is 15.9 Å². The number of rotatable bonds is 3. The Labute approximate surface area is 121 Å². The maximum Gasteiger partial charge on any atom is 0.259 e. The fraction of sp³-hybridized carbons (Fsp3) is 0.0625. The first-order chi connectivity index (χ1) is 9.78. The number of carbonyl (C=O) groups is 1. The Hall–Kier alpha value is -2.26. The number of para-hydroxylation sites is 1. The lowest BCUT2D eigenvalue weighted by Gasteiger charge is -2.05. The Balaban J connectivity index is 1.89. The Morgan fingerprint density at radius 1 is 1.15 bits per heavy atom. The van der Waals surface area contributed by atoms with Crippen molar-refractivity contribution in [2.75, 3.05) is 5.32 Å². The molecule has 0 atom stereocenters. The molecule has 0 saturated heterocycles. The molecule has 0 aliphatic heterocycles. The molecule has 1 aromatic heterocycles. The smallest absolute Gasteiger partial charge is 0.259 e. The zero-order chi connectivity index (χ0) is 13.9. The van der Waals surface area contributed by atoms with Crippen LogP contribution in [0.3, 0.4) is 0 Å². The third kappa shape index (κ3) is 2.40. The number of furan rings is 1. The third-order valence-electron chi connectivity index (χ3n) is 3.06. The molecule has 0 spiro atoms. The van der Waals surface area contributed by atoms with Gasteiger partial charge < -0.3 is 9.73 Å². The highest BCUT2D eigenvalue weighted by molar-refractivity contribution is 6.17. The molecule has 0 bridgehead atoms. The fourth-order valence-electron chi connectivity index (χ4n) is 2.08. The summed E-state index contributed by atoms with van der Waals surface area (Å²) in [5.41, 5.74) is 2.91. The second kappa shape index (κ2) is 5.39. The van der Waals surface area contributed by atoms with Crippen LogP contribution in [0.15, 0.2) is 59.2 Å². The molecule has 2 aromatic carbocycles. The van der Waals surface area contributed by atoms with Crippen molar-refractivity contribution < 1.29 is 9.21 Å². The van der Waals surface area contributed by atoms with Gasteiger partial charge in [0.2, 0.25) is 0 Å². The lowest BCUT2D eigenvalue weighted by atomic mass is 10.1. The molecule has 20 heavy (non-hydrogen) atoms. The summed E-state index contributed by atoms with van der Waals surface area (Å²) < 4.78 is 5.37. The summed E-state index contributed by atoms with van der Waals surface area (Å²) in [6.45, 7) is 0. The molecule has 0 unspecified atom stereocenters. The number of alkyl halides is 1. The summed E-state index contributed by atoms with van der Waals surface area (Å²) in [4.78, 5) is 12.3. The van der Waals surface area contributed by atoms with Crippen LogP contribution >= 0.6 is 11.6 Å². The van der Waals surface area contributed by atoms with E-state index < -0.39 is 0 Å². The number of benzene rings is 2. The molecule has 3 aromatic rings. The van der Waals surface area contributed by atoms with Crippen molar-refractivity contribution in [2.24, 2.45) is 0 Å². The minimum atomic E-state index is -0.193. The van der Waals surface area contributed by atoms with Gasteiger partial charge >= 0.3 is 0 Å². The highest BCUT2D eigenvalue weighted by Crippen LogP contribution is 2.22. The first kappa shape index (κ1) is 12.8. The van der Waals surface area contributed by atoms with Gasteiger partial charge in [-0.1, -0.05) is 30.3 Å². The Morgan fingerprint density at radius 3 is 2.85 bits per heavy atom. The Kier molecular flexibility index (Phi) is 3.44. The van der Waals surface area contributed by atoms with E-state index >= 15 is 0 Å². The van der Waals surface area contributed by atoms with Crippen molar-refractivity contribution in [1.82, 2.24) is 0 Å². The van der Waals surface area contributed by atoms with Gasteiger partial charge in [0.25, 0.3) is 5.91 Å². The molecule has 4 heteroatoms. The number of anilines is 1. The average molecular weight is 286 g/mol. The monoisotopic (exact) mass is 285 g/mol. The maximum atomic E-state index is 12.3. The van der Waals surface area contributed by atoms with Crippen LogP contribution in [-0.2, 0) is 5.88 Å². The molecule has 1 amide bonds. The molecule has 0 fully saturated rings. The first-order valence-electron chi connectivity index (χ1n) is 6.20. The lowest BCUT2D eigenvalue weighted by molar-refractivity contribution is 0.102. The van der Waals surface area contributed by atoms with Crippen molar-refractivity contribution in [1.29, 1.82) is 0 Å². The summed E-state index contributed by atoms with van der Waals surface area (Å²) in [5, 5.41) is 3.66. The molecule has 1 N–H and O–H groups in total. The molecular weight excluding hydrogens is 274 g/mol. The van der Waals surface area contributed by atoms with Gasteiger partial charge in [-0.15, -0.1) is 11.6 Å². The van der Waals surface area contributed by atoms with E-state index in [2.05, 4.69) is 5.32 Å². The predicted octanol–water partition coefficient (Wildman–Crippen LogP) is 4.42. The summed E-state index contributed by atoms with van der Waals surface area (Å²) in [5.74, 6) is 0.222. The number of amides is 1. The molecule has 100 valence electrons. The van der Waals surface area contributed by atoms with Crippen LogP contribution < -0.4 is 5.32 Å². The standard InChI is InChI=1S/C16H12ClNO2/c17-9-11-4-3-5-12(8-11)18-16(19)14-10-20-15-7-2-1-6-13(14)15/h1-8,10H,9H2,(H,18,19). The van der Waals surface area contributed by atoms with Crippen LogP contribution in [0.5, 0.6) is 0 Å². The number of halogens is 1. The van der Waals surface area contributed by atoms with Gasteiger partial charge in [-0.3, -0.25) is 4.79 Å². The van der Waals surface area contributed by atoms with Gasteiger partial charge in [0.15, 0.2) is 0 Å². The van der Waals surface area contributed by atoms with Gasteiger partial charge in [-0.25, -0.2) is 0 Å². The molecule has 0 radical (unpaired) electrons. The molecule has 3 nitrogen and oxygen atoms in total. The van der Waals surface area contributed by atoms with Gasteiger partial charge in [-0.2, -0.15) is 0 Å². The first-order valence-corrected chi connectivity index (χ1v) is 6.74. The molecule has 0 aliphatic rings. The van der Waals surface area contributed by atoms with Gasteiger partial charge in [0.05, 0.1) is 5.56 Å². The maximum absolute atomic E-state index is 12.3. The van der Waals surface area contributed by atoms with Crippen molar-refractivity contribution in [3.63, 3.8) is 0 Å². The van der Waals surface area contributed by atoms with E-state index in [1.165, 1.54) is 6.26 Å². The minimum absolute atomic E-state index is 0.193. The molecule has 0 aliphatic carbocycles. The van der Waals surface area contributed by atoms with E-state index in [-0.39, 0.29) is 5.91 Å². The summed E-state index contributed by atoms with van der Waals surface area (Å²) in [6.07, 6.45) is 1.48. The highest BCUT2D eigenvalue weighted by Gasteiger charge is 2.13. The molecule has 1 heterocycles. The number of fused-ring (bicyclic) bond motifs is 1. The molecule has 0 saturated carbocycles. The summed E-state index contributed by atoms with van der Waals surface area (Å²) in [7, 11) is 0. The van der Waals surface area contributed by atoms with Crippen molar-refractivity contribution in [2.45, 2.75) is 5.88 Å². The van der Waals surface area contributed by atoms with Crippen LogP contribution in [0.4, 0.5) is 5.69 Å². The van der Waals surface area contributed by atoms with Crippen molar-refractivity contribution >= 4 is 34.2 Å². The second-order valence-corrected chi connectivity index (χ2v) is 4.70. The van der Waals surface area contributed by atoms with Gasteiger partial charge in [0.1, 0.15) is 11.8 Å². The minimum Gasteiger partial charge on any atom is -0.463 e. The topological polar surface area (TPSA) is 42.2 Å². The zero-order valence-corrected chi connectivity index (χ0v) is 11.4. The van der Waals surface area contributed by atoms with Gasteiger partial charge in [0, 0.05) is 17.0 Å². The van der Waals surface area contributed by atoms with Crippen LogP contribution in [0.2, 0.25) is 0 Å². The van der Waals surface area contributed by atoms with Crippen molar-refractivity contribution in [3.05, 3.63) is 65.9 Å². The quantitative estimate of drug-likeness (QED) is 0.724. The normalized spacial score (nSPS) is 10.7. The Bertz CT molecular complexity index is 764. The zero-order valence-electron chi connectivity index (χ0n) is 10.6. The average Bonchev–Trinajstić information content (AvgIpc) is 2.91. The summed E-state index contributed by atoms with van der Waals surface area (Å²) in [6, 6.07) is 14.9. The van der Waals surface area contributed by atoms with Crippen LogP contribution in [0.25, 0.3) is 11.0 Å². The second-order valence-electron chi connectivity index (χ2n) is 4.43. The van der Waals surface area contributed by atoms with E-state index in [0.717, 1.165) is 16.6 Å². The van der Waals surface area contributed by atoms with Crippen LogP contribution in [0, 0.1) is 0 Å². The predicted molar refractivity (Wildman–Crippen MR) is 80.2 cm³/mol. The lowest BCUT2D eigenvalue weighted by Crippen LogP contribution is -2.11. The fourth-order valence-corrected chi connectivity index (χ4v) is 2.25. The highest BCUT2D eigenvalue weighted by atomic mass is 35.5. The van der Waals surface area contributed by atoms with E-state index in [1.807, 2.05) is 48.5 Å². The van der Waals surface area contributed by atoms with E-state index in [1.54, 1.807) is 0 Å². The number of carbonyl (C=O) groups excluding carboxylic acids is 1. The van der Waals surface area contributed by atoms with Crippen LogP contribution in [-0.4, -0.2) is 5.91 Å². The van der Waals surface area contributed by atoms with E-state index in [4.69, 9.17) is 16.0 Å². The molecule has 3 rings (SSSR count). The summed E-state index contributed by atoms with van der Waals surface area (Å²) >= 11 is 5.79. The SMILES string of the molecule is O=C(Nc1cccc(CCl)c1)c1coc2ccccc12.